The predicted molar refractivity (Wildman–Crippen MR) is 73.7 cm³/mol. The van der Waals surface area contributed by atoms with Crippen molar-refractivity contribution in [3.8, 4) is 0 Å². The Balaban J connectivity index is 2.16. The first kappa shape index (κ1) is 13.1. The largest absolute Gasteiger partial charge is 0.346 e. The average molecular weight is 246 g/mol. The summed E-state index contributed by atoms with van der Waals surface area (Å²) in [6.45, 7) is 4.30. The highest BCUT2D eigenvalue weighted by Crippen LogP contribution is 2.22. The number of hydrogen-bond donors (Lipinski definition) is 2. The van der Waals surface area contributed by atoms with Crippen molar-refractivity contribution in [2.45, 2.75) is 45.1 Å². The Kier molecular flexibility index (Phi) is 3.71. The van der Waals surface area contributed by atoms with Crippen molar-refractivity contribution in [1.29, 1.82) is 0 Å². The van der Waals surface area contributed by atoms with Gasteiger partial charge in [0, 0.05) is 17.6 Å². The Morgan fingerprint density at radius 2 is 1.94 bits per heavy atom. The van der Waals surface area contributed by atoms with Crippen LogP contribution in [0.2, 0.25) is 0 Å². The third-order valence-electron chi connectivity index (χ3n) is 3.57. The van der Waals surface area contributed by atoms with Gasteiger partial charge in [0.15, 0.2) is 0 Å². The molecule has 18 heavy (non-hydrogen) atoms. The van der Waals surface area contributed by atoms with E-state index in [-0.39, 0.29) is 11.4 Å². The highest BCUT2D eigenvalue weighted by molar-refractivity contribution is 5.95. The second kappa shape index (κ2) is 5.11. The molecule has 2 rings (SSSR count). The molecule has 3 heteroatoms. The fourth-order valence-electron chi connectivity index (χ4n) is 2.31. The van der Waals surface area contributed by atoms with Gasteiger partial charge in [0.25, 0.3) is 5.91 Å². The fourth-order valence-corrected chi connectivity index (χ4v) is 2.31. The lowest BCUT2D eigenvalue weighted by Gasteiger charge is -2.24. The van der Waals surface area contributed by atoms with E-state index in [1.807, 2.05) is 26.0 Å². The zero-order chi connectivity index (χ0) is 13.2. The minimum Gasteiger partial charge on any atom is -0.346 e. The van der Waals surface area contributed by atoms with Gasteiger partial charge in [0.1, 0.15) is 0 Å². The molecule has 0 atom stereocenters. The Morgan fingerprint density at radius 3 is 2.61 bits per heavy atom. The van der Waals surface area contributed by atoms with E-state index < -0.39 is 0 Å². The molecule has 0 aromatic heterocycles. The van der Waals surface area contributed by atoms with E-state index >= 15 is 0 Å². The van der Waals surface area contributed by atoms with Crippen molar-refractivity contribution in [2.75, 3.05) is 6.54 Å². The number of hydrogen-bond acceptors (Lipinski definition) is 2. The monoisotopic (exact) mass is 246 g/mol. The molecule has 3 nitrogen and oxygen atoms in total. The van der Waals surface area contributed by atoms with Gasteiger partial charge < -0.3 is 11.1 Å². The second-order valence-corrected chi connectivity index (χ2v) is 5.73. The fraction of sp³-hybridized carbons (Fsp3) is 0.533. The lowest BCUT2D eigenvalue weighted by Crippen LogP contribution is -2.48. The van der Waals surface area contributed by atoms with Gasteiger partial charge in [-0.05, 0) is 62.8 Å². The minimum absolute atomic E-state index is 0.0289. The SMILES string of the molecule is CC(C)(CN)NC(=O)c1ccc2c(c1)CCCC2. The van der Waals surface area contributed by atoms with E-state index in [0.29, 0.717) is 6.54 Å². The van der Waals surface area contributed by atoms with E-state index in [1.165, 1.54) is 24.0 Å². The molecule has 0 heterocycles. The molecule has 0 spiro atoms. The number of fused-ring (bicyclic) bond motifs is 1. The van der Waals surface area contributed by atoms with Crippen molar-refractivity contribution >= 4 is 5.91 Å². The molecule has 0 fully saturated rings. The van der Waals surface area contributed by atoms with E-state index in [0.717, 1.165) is 18.4 Å². The average Bonchev–Trinajstić information content (AvgIpc) is 2.37. The summed E-state index contributed by atoms with van der Waals surface area (Å²) in [7, 11) is 0. The van der Waals surface area contributed by atoms with Crippen LogP contribution in [0.1, 0.15) is 48.2 Å². The lowest BCUT2D eigenvalue weighted by atomic mass is 9.90. The number of rotatable bonds is 3. The maximum Gasteiger partial charge on any atom is 0.251 e. The minimum atomic E-state index is -0.354. The molecule has 98 valence electrons. The van der Waals surface area contributed by atoms with Gasteiger partial charge >= 0.3 is 0 Å². The quantitative estimate of drug-likeness (QED) is 0.857. The number of benzene rings is 1. The maximum absolute atomic E-state index is 12.1. The molecule has 3 N–H and O–H groups in total. The van der Waals surface area contributed by atoms with E-state index in [4.69, 9.17) is 5.73 Å². The van der Waals surface area contributed by atoms with Crippen LogP contribution in [-0.4, -0.2) is 18.0 Å². The molecule has 0 saturated carbocycles. The van der Waals surface area contributed by atoms with Crippen molar-refractivity contribution in [1.82, 2.24) is 5.32 Å². The first-order valence-corrected chi connectivity index (χ1v) is 6.66. The topological polar surface area (TPSA) is 55.1 Å². The Labute approximate surface area is 109 Å². The van der Waals surface area contributed by atoms with Crippen molar-refractivity contribution in [3.63, 3.8) is 0 Å². The Morgan fingerprint density at radius 1 is 1.28 bits per heavy atom. The molecular formula is C15H22N2O. The summed E-state index contributed by atoms with van der Waals surface area (Å²) in [6, 6.07) is 6.06. The number of aryl methyl sites for hydroxylation is 2. The lowest BCUT2D eigenvalue weighted by molar-refractivity contribution is 0.0915. The molecule has 0 unspecified atom stereocenters. The molecule has 0 bridgehead atoms. The van der Waals surface area contributed by atoms with Gasteiger partial charge in [-0.15, -0.1) is 0 Å². The first-order valence-electron chi connectivity index (χ1n) is 6.66. The van der Waals surface area contributed by atoms with Crippen LogP contribution in [0.3, 0.4) is 0 Å². The standard InChI is InChI=1S/C15H22N2O/c1-15(2,10-16)17-14(18)13-8-7-11-5-3-4-6-12(11)9-13/h7-9H,3-6,10,16H2,1-2H3,(H,17,18). The van der Waals surface area contributed by atoms with Crippen LogP contribution in [-0.2, 0) is 12.8 Å². The Hall–Kier alpha value is -1.35. The summed E-state index contributed by atoms with van der Waals surface area (Å²) in [6.07, 6.45) is 4.73. The third-order valence-corrected chi connectivity index (χ3v) is 3.57. The smallest absolute Gasteiger partial charge is 0.251 e. The number of carbonyl (C=O) groups excluding carboxylic acids is 1. The van der Waals surface area contributed by atoms with Gasteiger partial charge in [-0.2, -0.15) is 0 Å². The molecule has 0 saturated heterocycles. The van der Waals surface area contributed by atoms with Crippen LogP contribution < -0.4 is 11.1 Å². The van der Waals surface area contributed by atoms with Crippen LogP contribution in [0.4, 0.5) is 0 Å². The van der Waals surface area contributed by atoms with Crippen molar-refractivity contribution in [3.05, 3.63) is 34.9 Å². The van der Waals surface area contributed by atoms with E-state index in [9.17, 15) is 4.79 Å². The van der Waals surface area contributed by atoms with Crippen molar-refractivity contribution < 1.29 is 4.79 Å². The van der Waals surface area contributed by atoms with Gasteiger partial charge in [-0.3, -0.25) is 4.79 Å². The molecule has 0 radical (unpaired) electrons. The molecule has 1 aliphatic rings. The molecule has 1 aromatic rings. The van der Waals surface area contributed by atoms with E-state index in [2.05, 4.69) is 11.4 Å². The highest BCUT2D eigenvalue weighted by atomic mass is 16.1. The molecule has 1 amide bonds. The van der Waals surface area contributed by atoms with Gasteiger partial charge in [0.05, 0.1) is 0 Å². The highest BCUT2D eigenvalue weighted by Gasteiger charge is 2.20. The van der Waals surface area contributed by atoms with Crippen LogP contribution in [0.5, 0.6) is 0 Å². The van der Waals surface area contributed by atoms with Crippen LogP contribution in [0.15, 0.2) is 18.2 Å². The second-order valence-electron chi connectivity index (χ2n) is 5.73. The summed E-state index contributed by atoms with van der Waals surface area (Å²) in [5.74, 6) is -0.0289. The van der Waals surface area contributed by atoms with Crippen molar-refractivity contribution in [2.24, 2.45) is 5.73 Å². The molecule has 0 aliphatic heterocycles. The third kappa shape index (κ3) is 2.91. The number of nitrogens with one attached hydrogen (secondary N) is 1. The number of carbonyl (C=O) groups is 1. The molecular weight excluding hydrogens is 224 g/mol. The normalized spacial score (nSPS) is 15.1. The van der Waals surface area contributed by atoms with Gasteiger partial charge in [0.2, 0.25) is 0 Å². The number of nitrogens with two attached hydrogens (primary N) is 1. The summed E-state index contributed by atoms with van der Waals surface area (Å²) in [4.78, 5) is 12.1. The van der Waals surface area contributed by atoms with E-state index in [1.54, 1.807) is 0 Å². The molecule has 1 aromatic carbocycles. The van der Waals surface area contributed by atoms with Crippen LogP contribution >= 0.6 is 0 Å². The first-order chi connectivity index (χ1) is 8.52. The van der Waals surface area contributed by atoms with Gasteiger partial charge in [-0.1, -0.05) is 6.07 Å². The Bertz CT molecular complexity index is 452. The maximum atomic E-state index is 12.1. The summed E-state index contributed by atoms with van der Waals surface area (Å²) < 4.78 is 0. The number of amides is 1. The predicted octanol–water partition coefficient (Wildman–Crippen LogP) is 2.03. The van der Waals surface area contributed by atoms with Gasteiger partial charge in [-0.25, -0.2) is 0 Å². The summed E-state index contributed by atoms with van der Waals surface area (Å²) in [5.41, 5.74) is 8.75. The zero-order valence-corrected chi connectivity index (χ0v) is 11.3. The summed E-state index contributed by atoms with van der Waals surface area (Å²) >= 11 is 0. The summed E-state index contributed by atoms with van der Waals surface area (Å²) in [5, 5.41) is 2.97. The van der Waals surface area contributed by atoms with Crippen LogP contribution in [0.25, 0.3) is 0 Å². The molecule has 1 aliphatic carbocycles. The zero-order valence-electron chi connectivity index (χ0n) is 11.3. The van der Waals surface area contributed by atoms with Crippen LogP contribution in [0, 0.1) is 0 Å².